The Morgan fingerprint density at radius 1 is 0.867 bits per heavy atom. The molecule has 0 heterocycles. The van der Waals surface area contributed by atoms with Crippen molar-refractivity contribution in [1.82, 2.24) is 0 Å². The van der Waals surface area contributed by atoms with Gasteiger partial charge in [0.05, 0.1) is 0 Å². The van der Waals surface area contributed by atoms with Crippen molar-refractivity contribution >= 4 is 0 Å². The molecular weight excluding hydrogens is 182 g/mol. The van der Waals surface area contributed by atoms with Crippen LogP contribution in [0.15, 0.2) is 0 Å². The maximum Gasteiger partial charge on any atom is 0.0191 e. The fourth-order valence-electron chi connectivity index (χ4n) is 7.00. The van der Waals surface area contributed by atoms with E-state index in [9.17, 15) is 0 Å². The van der Waals surface area contributed by atoms with Crippen molar-refractivity contribution in [1.29, 1.82) is 0 Å². The van der Waals surface area contributed by atoms with Gasteiger partial charge in [-0.2, -0.15) is 0 Å². The predicted molar refractivity (Wildman–Crippen MR) is 59.1 cm³/mol. The van der Waals surface area contributed by atoms with Crippen molar-refractivity contribution in [3.63, 3.8) is 0 Å². The normalized spacial score (nSPS) is 73.0. The number of hydrogen-bond donors (Lipinski definition) is 1. The van der Waals surface area contributed by atoms with E-state index in [0.717, 1.165) is 41.4 Å². The molecule has 7 fully saturated rings. The molecule has 7 aliphatic rings. The zero-order chi connectivity index (χ0) is 9.78. The van der Waals surface area contributed by atoms with Crippen LogP contribution in [-0.2, 0) is 0 Å². The Kier molecular flexibility index (Phi) is 1.17. The van der Waals surface area contributed by atoms with Crippen LogP contribution in [0.3, 0.4) is 0 Å². The molecule has 0 aromatic carbocycles. The van der Waals surface area contributed by atoms with Crippen LogP contribution in [0.1, 0.15) is 38.5 Å². The van der Waals surface area contributed by atoms with Crippen molar-refractivity contribution < 1.29 is 0 Å². The van der Waals surface area contributed by atoms with E-state index in [1.807, 2.05) is 0 Å². The molecule has 7 saturated carbocycles. The Morgan fingerprint density at radius 3 is 2.20 bits per heavy atom. The topological polar surface area (TPSA) is 26.0 Å². The molecule has 8 bridgehead atoms. The second-order valence-corrected chi connectivity index (χ2v) is 7.48. The largest absolute Gasteiger partial charge is 0.325 e. The van der Waals surface area contributed by atoms with Gasteiger partial charge in [-0.1, -0.05) is 0 Å². The standard InChI is InChI=1S/C14H21N/c15-14-5-8-4-9(6-14)11-2-7-1-10(8)13(11)12(14)3-7/h7-13H,1-6,15H2/t7?,8-,9+,10?,11?,12?,13?,14?. The quantitative estimate of drug-likeness (QED) is 0.643. The lowest BCUT2D eigenvalue weighted by Gasteiger charge is -2.72. The summed E-state index contributed by atoms with van der Waals surface area (Å²) in [6.45, 7) is 0. The second kappa shape index (κ2) is 2.16. The molecule has 0 amide bonds. The summed E-state index contributed by atoms with van der Waals surface area (Å²) in [5.74, 6) is 7.48. The van der Waals surface area contributed by atoms with Crippen LogP contribution >= 0.6 is 0 Å². The molecule has 0 radical (unpaired) electrons. The van der Waals surface area contributed by atoms with Gasteiger partial charge in [0.2, 0.25) is 0 Å². The van der Waals surface area contributed by atoms with Gasteiger partial charge < -0.3 is 5.73 Å². The molecule has 0 aromatic heterocycles. The summed E-state index contributed by atoms with van der Waals surface area (Å²) >= 11 is 0. The third-order valence-corrected chi connectivity index (χ3v) is 7.09. The molecule has 82 valence electrons. The van der Waals surface area contributed by atoms with Crippen LogP contribution in [0.2, 0.25) is 0 Å². The SMILES string of the molecule is NC12C[C@H]3C[C@@H](C1)C1CC4CC3C1C2C4. The fraction of sp³-hybridized carbons (Fsp3) is 1.00. The number of rotatable bonds is 0. The molecule has 6 unspecified atom stereocenters. The van der Waals surface area contributed by atoms with Crippen LogP contribution in [-0.4, -0.2) is 5.54 Å². The van der Waals surface area contributed by atoms with Crippen molar-refractivity contribution in [3.8, 4) is 0 Å². The molecule has 1 heteroatoms. The minimum atomic E-state index is 0.310. The minimum absolute atomic E-state index is 0.310. The van der Waals surface area contributed by atoms with Crippen molar-refractivity contribution in [2.75, 3.05) is 0 Å². The monoisotopic (exact) mass is 203 g/mol. The zero-order valence-corrected chi connectivity index (χ0v) is 9.36. The van der Waals surface area contributed by atoms with Gasteiger partial charge in [0.1, 0.15) is 0 Å². The van der Waals surface area contributed by atoms with E-state index < -0.39 is 0 Å². The maximum absolute atomic E-state index is 6.75. The van der Waals surface area contributed by atoms with Gasteiger partial charge in [-0.25, -0.2) is 0 Å². The van der Waals surface area contributed by atoms with E-state index in [4.69, 9.17) is 5.73 Å². The zero-order valence-electron chi connectivity index (χ0n) is 9.36. The molecule has 1 nitrogen and oxygen atoms in total. The van der Waals surface area contributed by atoms with E-state index >= 15 is 0 Å². The molecule has 0 aliphatic heterocycles. The lowest BCUT2D eigenvalue weighted by atomic mass is 9.34. The van der Waals surface area contributed by atoms with E-state index in [1.54, 1.807) is 19.3 Å². The smallest absolute Gasteiger partial charge is 0.0191 e. The van der Waals surface area contributed by atoms with Crippen LogP contribution < -0.4 is 5.73 Å². The summed E-state index contributed by atoms with van der Waals surface area (Å²) in [7, 11) is 0. The summed E-state index contributed by atoms with van der Waals surface area (Å²) in [6.07, 6.45) is 9.04. The first-order valence-electron chi connectivity index (χ1n) is 7.03. The highest BCUT2D eigenvalue weighted by Gasteiger charge is 2.67. The van der Waals surface area contributed by atoms with Gasteiger partial charge in [0.25, 0.3) is 0 Å². The lowest BCUT2D eigenvalue weighted by molar-refractivity contribution is -0.211. The van der Waals surface area contributed by atoms with Crippen LogP contribution in [0.4, 0.5) is 0 Å². The second-order valence-electron chi connectivity index (χ2n) is 7.48. The molecule has 2 N–H and O–H groups in total. The molecule has 7 rings (SSSR count). The fourth-order valence-corrected chi connectivity index (χ4v) is 7.00. The Balaban J connectivity index is 1.73. The van der Waals surface area contributed by atoms with Gasteiger partial charge in [0.15, 0.2) is 0 Å². The van der Waals surface area contributed by atoms with E-state index in [0.29, 0.717) is 5.54 Å². The molecule has 8 atom stereocenters. The molecule has 15 heavy (non-hydrogen) atoms. The summed E-state index contributed by atoms with van der Waals surface area (Å²) in [5, 5.41) is 0. The first-order chi connectivity index (χ1) is 7.24. The summed E-state index contributed by atoms with van der Waals surface area (Å²) < 4.78 is 0. The van der Waals surface area contributed by atoms with Crippen molar-refractivity contribution in [3.05, 3.63) is 0 Å². The van der Waals surface area contributed by atoms with Crippen molar-refractivity contribution in [2.24, 2.45) is 47.2 Å². The Bertz CT molecular complexity index is 314. The first-order valence-corrected chi connectivity index (χ1v) is 7.03. The van der Waals surface area contributed by atoms with Gasteiger partial charge in [-0.05, 0) is 80.0 Å². The first kappa shape index (κ1) is 8.11. The molecule has 0 aromatic rings. The number of hydrogen-bond acceptors (Lipinski definition) is 1. The molecule has 0 spiro atoms. The highest BCUT2D eigenvalue weighted by atomic mass is 14.9. The van der Waals surface area contributed by atoms with Crippen LogP contribution in [0.5, 0.6) is 0 Å². The molecule has 7 aliphatic carbocycles. The minimum Gasteiger partial charge on any atom is -0.325 e. The summed E-state index contributed by atoms with van der Waals surface area (Å²) in [6, 6.07) is 0. The Morgan fingerprint density at radius 2 is 1.53 bits per heavy atom. The molecular formula is C14H21N. The van der Waals surface area contributed by atoms with E-state index in [1.165, 1.54) is 19.3 Å². The van der Waals surface area contributed by atoms with Gasteiger partial charge >= 0.3 is 0 Å². The van der Waals surface area contributed by atoms with Gasteiger partial charge in [-0.3, -0.25) is 0 Å². The summed E-state index contributed by atoms with van der Waals surface area (Å²) in [5.41, 5.74) is 7.06. The van der Waals surface area contributed by atoms with Crippen molar-refractivity contribution in [2.45, 2.75) is 44.1 Å². The lowest BCUT2D eigenvalue weighted by Crippen LogP contribution is -2.72. The average molecular weight is 203 g/mol. The average Bonchev–Trinajstić information content (AvgIpc) is 2.24. The Hall–Kier alpha value is -0.0400. The molecule has 0 saturated heterocycles. The third kappa shape index (κ3) is 0.740. The Labute approximate surface area is 91.8 Å². The summed E-state index contributed by atoms with van der Waals surface area (Å²) in [4.78, 5) is 0. The highest BCUT2D eigenvalue weighted by molar-refractivity contribution is 5.19. The highest BCUT2D eigenvalue weighted by Crippen LogP contribution is 2.71. The van der Waals surface area contributed by atoms with Gasteiger partial charge in [-0.15, -0.1) is 0 Å². The number of nitrogens with two attached hydrogens (primary N) is 1. The predicted octanol–water partition coefficient (Wildman–Crippen LogP) is 2.41. The van der Waals surface area contributed by atoms with E-state index in [2.05, 4.69) is 0 Å². The maximum atomic E-state index is 6.75. The van der Waals surface area contributed by atoms with Crippen LogP contribution in [0.25, 0.3) is 0 Å². The third-order valence-electron chi connectivity index (χ3n) is 7.09. The van der Waals surface area contributed by atoms with Gasteiger partial charge in [0, 0.05) is 5.54 Å². The van der Waals surface area contributed by atoms with E-state index in [-0.39, 0.29) is 0 Å². The van der Waals surface area contributed by atoms with Crippen LogP contribution in [0, 0.1) is 41.4 Å².